The van der Waals surface area contributed by atoms with Crippen LogP contribution in [0.3, 0.4) is 0 Å². The lowest BCUT2D eigenvalue weighted by molar-refractivity contribution is -0.153. The van der Waals surface area contributed by atoms with Gasteiger partial charge in [-0.05, 0) is 12.3 Å². The number of carboxylic acid groups (broad SMARTS) is 1. The molecular weight excluding hydrogens is 286 g/mol. The zero-order valence-electron chi connectivity index (χ0n) is 11.9. The topological polar surface area (TPSA) is 168 Å². The van der Waals surface area contributed by atoms with Crippen LogP contribution in [0.1, 0.15) is 20.3 Å². The molecule has 0 saturated heterocycles. The van der Waals surface area contributed by atoms with Crippen molar-refractivity contribution in [2.24, 2.45) is 5.92 Å². The minimum atomic E-state index is -2.14. The predicted octanol–water partition coefficient (Wildman–Crippen LogP) is -2.96. The second-order valence-corrected chi connectivity index (χ2v) is 5.20. The van der Waals surface area contributed by atoms with Crippen LogP contribution in [-0.2, 0) is 9.59 Å². The van der Waals surface area contributed by atoms with Crippen molar-refractivity contribution in [1.82, 2.24) is 5.32 Å². The maximum absolute atomic E-state index is 11.7. The number of carbonyl (C=O) groups excluding carboxylic acids is 1. The third kappa shape index (κ3) is 6.36. The monoisotopic (exact) mass is 309 g/mol. The Balaban J connectivity index is 4.71. The summed E-state index contributed by atoms with van der Waals surface area (Å²) < 4.78 is 0. The Kier molecular flexibility index (Phi) is 8.37. The van der Waals surface area contributed by atoms with Crippen molar-refractivity contribution in [2.45, 2.75) is 50.7 Å². The highest BCUT2D eigenvalue weighted by atomic mass is 16.4. The number of rotatable bonds is 9. The molecule has 9 heteroatoms. The van der Waals surface area contributed by atoms with Gasteiger partial charge in [-0.2, -0.15) is 0 Å². The fourth-order valence-corrected chi connectivity index (χ4v) is 1.63. The van der Waals surface area contributed by atoms with Crippen molar-refractivity contribution >= 4 is 11.9 Å². The van der Waals surface area contributed by atoms with Crippen molar-refractivity contribution in [3.8, 4) is 0 Å². The van der Waals surface area contributed by atoms with Gasteiger partial charge in [0.25, 0.3) is 5.91 Å². The van der Waals surface area contributed by atoms with E-state index in [1.165, 1.54) is 0 Å². The van der Waals surface area contributed by atoms with E-state index in [1.807, 2.05) is 5.32 Å². The number of aliphatic hydroxyl groups is 5. The Morgan fingerprint density at radius 2 is 1.57 bits per heavy atom. The number of nitrogens with one attached hydrogen (secondary N) is 1. The summed E-state index contributed by atoms with van der Waals surface area (Å²) in [6.45, 7) is 2.61. The summed E-state index contributed by atoms with van der Waals surface area (Å²) in [5.74, 6) is -2.52. The van der Waals surface area contributed by atoms with Gasteiger partial charge in [-0.1, -0.05) is 13.8 Å². The zero-order valence-corrected chi connectivity index (χ0v) is 11.9. The van der Waals surface area contributed by atoms with E-state index < -0.39 is 48.9 Å². The van der Waals surface area contributed by atoms with Crippen molar-refractivity contribution in [3.63, 3.8) is 0 Å². The molecule has 0 fully saturated rings. The molecule has 0 heterocycles. The van der Waals surface area contributed by atoms with Crippen LogP contribution in [0.5, 0.6) is 0 Å². The van der Waals surface area contributed by atoms with E-state index in [1.54, 1.807) is 13.8 Å². The summed E-state index contributed by atoms with van der Waals surface area (Å²) in [4.78, 5) is 22.6. The zero-order chi connectivity index (χ0) is 16.7. The third-order valence-corrected chi connectivity index (χ3v) is 2.85. The molecular formula is C12H23NO8. The number of aliphatic hydroxyl groups excluding tert-OH is 5. The Morgan fingerprint density at radius 1 is 1.05 bits per heavy atom. The van der Waals surface area contributed by atoms with Gasteiger partial charge in [0.05, 0.1) is 6.61 Å². The van der Waals surface area contributed by atoms with Gasteiger partial charge in [0.1, 0.15) is 24.4 Å². The lowest BCUT2D eigenvalue weighted by Crippen LogP contribution is -2.54. The lowest BCUT2D eigenvalue weighted by Gasteiger charge is -2.26. The molecule has 124 valence electrons. The lowest BCUT2D eigenvalue weighted by atomic mass is 10.0. The second kappa shape index (κ2) is 8.90. The molecule has 0 aromatic carbocycles. The average Bonchev–Trinajstić information content (AvgIpc) is 2.42. The summed E-state index contributed by atoms with van der Waals surface area (Å²) >= 11 is 0. The minimum absolute atomic E-state index is 0.0322. The molecule has 9 nitrogen and oxygen atoms in total. The van der Waals surface area contributed by atoms with Crippen molar-refractivity contribution in [1.29, 1.82) is 0 Å². The minimum Gasteiger partial charge on any atom is -0.480 e. The summed E-state index contributed by atoms with van der Waals surface area (Å²) in [5, 5.41) is 57.2. The normalized spacial score (nSPS) is 18.7. The fourth-order valence-electron chi connectivity index (χ4n) is 1.63. The summed E-state index contributed by atoms with van der Waals surface area (Å²) in [6.07, 6.45) is -7.79. The number of carbonyl (C=O) groups is 2. The van der Waals surface area contributed by atoms with Crippen molar-refractivity contribution < 1.29 is 40.2 Å². The molecule has 0 aliphatic heterocycles. The Labute approximate surface area is 121 Å². The molecule has 0 aromatic heterocycles. The highest BCUT2D eigenvalue weighted by Crippen LogP contribution is 2.08. The van der Waals surface area contributed by atoms with E-state index in [9.17, 15) is 24.9 Å². The van der Waals surface area contributed by atoms with Gasteiger partial charge in [0.15, 0.2) is 6.10 Å². The molecule has 21 heavy (non-hydrogen) atoms. The van der Waals surface area contributed by atoms with Gasteiger partial charge < -0.3 is 36.0 Å². The van der Waals surface area contributed by atoms with Crippen molar-refractivity contribution in [2.75, 3.05) is 6.61 Å². The summed E-state index contributed by atoms with van der Waals surface area (Å²) in [6, 6.07) is -1.25. The fraction of sp³-hybridized carbons (Fsp3) is 0.833. The molecule has 0 saturated carbocycles. The summed E-state index contributed by atoms with van der Waals surface area (Å²) in [5.41, 5.74) is 0. The van der Waals surface area contributed by atoms with E-state index in [0.29, 0.717) is 0 Å². The first-order valence-electron chi connectivity index (χ1n) is 6.48. The second-order valence-electron chi connectivity index (χ2n) is 5.20. The Bertz CT molecular complexity index is 348. The van der Waals surface area contributed by atoms with E-state index in [2.05, 4.69) is 0 Å². The van der Waals surface area contributed by atoms with Gasteiger partial charge in [-0.15, -0.1) is 0 Å². The van der Waals surface area contributed by atoms with Gasteiger partial charge in [-0.25, -0.2) is 4.79 Å². The Hall–Kier alpha value is -1.26. The predicted molar refractivity (Wildman–Crippen MR) is 70.1 cm³/mol. The van der Waals surface area contributed by atoms with Crippen LogP contribution in [-0.4, -0.2) is 79.6 Å². The maximum Gasteiger partial charge on any atom is 0.326 e. The van der Waals surface area contributed by atoms with E-state index in [0.717, 1.165) is 0 Å². The molecule has 0 aliphatic carbocycles. The van der Waals surface area contributed by atoms with Crippen LogP contribution in [0, 0.1) is 5.92 Å². The molecule has 5 atom stereocenters. The van der Waals surface area contributed by atoms with Crippen molar-refractivity contribution in [3.05, 3.63) is 0 Å². The molecule has 0 aromatic rings. The van der Waals surface area contributed by atoms with Crippen LogP contribution < -0.4 is 5.32 Å². The highest BCUT2D eigenvalue weighted by molar-refractivity contribution is 5.86. The molecule has 7 N–H and O–H groups in total. The maximum atomic E-state index is 11.7. The van der Waals surface area contributed by atoms with E-state index >= 15 is 0 Å². The number of hydrogen-bond acceptors (Lipinski definition) is 7. The van der Waals surface area contributed by atoms with Crippen LogP contribution in [0.25, 0.3) is 0 Å². The third-order valence-electron chi connectivity index (χ3n) is 2.85. The Morgan fingerprint density at radius 3 is 1.95 bits per heavy atom. The molecule has 0 spiro atoms. The standard InChI is InChI=1S/C12H23NO8/c1-5(2)3-6(12(20)21)13-11(19)10(18)9(17)8(16)7(15)4-14/h5-10,14-18H,3-4H2,1-2H3,(H,13,19)(H,20,21)/t6-,7+,8-,9+,10+/m0/s1. The number of carboxylic acids is 1. The first-order chi connectivity index (χ1) is 9.61. The van der Waals surface area contributed by atoms with E-state index in [-0.39, 0.29) is 12.3 Å². The number of hydrogen-bond donors (Lipinski definition) is 7. The van der Waals surface area contributed by atoms with E-state index in [4.69, 9.17) is 15.3 Å². The van der Waals surface area contributed by atoms with Crippen LogP contribution in [0.4, 0.5) is 0 Å². The summed E-state index contributed by atoms with van der Waals surface area (Å²) in [7, 11) is 0. The first kappa shape index (κ1) is 19.7. The largest absolute Gasteiger partial charge is 0.480 e. The average molecular weight is 309 g/mol. The molecule has 0 aliphatic rings. The van der Waals surface area contributed by atoms with Gasteiger partial charge in [0.2, 0.25) is 0 Å². The van der Waals surface area contributed by atoms with Crippen LogP contribution >= 0.6 is 0 Å². The van der Waals surface area contributed by atoms with Gasteiger partial charge in [-0.3, -0.25) is 4.79 Å². The highest BCUT2D eigenvalue weighted by Gasteiger charge is 2.35. The molecule has 0 bridgehead atoms. The smallest absolute Gasteiger partial charge is 0.326 e. The number of aliphatic carboxylic acids is 1. The molecule has 0 unspecified atom stereocenters. The molecule has 0 radical (unpaired) electrons. The van der Waals surface area contributed by atoms with Gasteiger partial charge >= 0.3 is 5.97 Å². The quantitative estimate of drug-likeness (QED) is 0.237. The van der Waals surface area contributed by atoms with Crippen LogP contribution in [0.15, 0.2) is 0 Å². The molecule has 0 rings (SSSR count). The number of amides is 1. The van der Waals surface area contributed by atoms with Crippen LogP contribution in [0.2, 0.25) is 0 Å². The first-order valence-corrected chi connectivity index (χ1v) is 6.48. The van der Waals surface area contributed by atoms with Gasteiger partial charge in [0, 0.05) is 0 Å². The SMILES string of the molecule is CC(C)C[C@H](NC(=O)[C@H](O)[C@H](O)[C@@H](O)[C@H](O)CO)C(=O)O. The molecule has 1 amide bonds.